The molecule has 26 heavy (non-hydrogen) atoms. The molecule has 158 valence electrons. The van der Waals surface area contributed by atoms with Crippen LogP contribution in [0, 0.1) is 0 Å². The molecule has 0 radical (unpaired) electrons. The average molecular weight is 490 g/mol. The lowest BCUT2D eigenvalue weighted by Crippen LogP contribution is -2.14. The minimum atomic E-state index is 0.580. The van der Waals surface area contributed by atoms with Crippen molar-refractivity contribution in [2.45, 2.75) is 39.0 Å². The summed E-state index contributed by atoms with van der Waals surface area (Å²) in [4.78, 5) is 0. The first kappa shape index (κ1) is 26.5. The standard InChI is InChI=1S/C19H39IO6/c1-2-3-8-21-10-12-23-14-16-25-18-19-26-17-15-24-13-11-22-9-6-4-5-7-20/h2-19H2,1H3. The van der Waals surface area contributed by atoms with Crippen molar-refractivity contribution in [1.29, 1.82) is 0 Å². The van der Waals surface area contributed by atoms with Crippen molar-refractivity contribution in [2.24, 2.45) is 0 Å². The van der Waals surface area contributed by atoms with Crippen LogP contribution in [-0.2, 0) is 28.4 Å². The molecule has 0 spiro atoms. The molecule has 7 heteroatoms. The van der Waals surface area contributed by atoms with Gasteiger partial charge in [-0.3, -0.25) is 0 Å². The molecular formula is C19H39IO6. The summed E-state index contributed by atoms with van der Waals surface area (Å²) in [7, 11) is 0. The third kappa shape index (κ3) is 24.5. The number of halogens is 1. The molecule has 0 fully saturated rings. The van der Waals surface area contributed by atoms with Gasteiger partial charge in [0, 0.05) is 13.2 Å². The Kier molecular flexibility index (Phi) is 26.0. The molecule has 0 rings (SSSR count). The van der Waals surface area contributed by atoms with Gasteiger partial charge in [0.15, 0.2) is 0 Å². The zero-order valence-electron chi connectivity index (χ0n) is 16.6. The molecular weight excluding hydrogens is 451 g/mol. The summed E-state index contributed by atoms with van der Waals surface area (Å²) in [6, 6.07) is 0. The van der Waals surface area contributed by atoms with E-state index in [1.54, 1.807) is 0 Å². The third-order valence-corrected chi connectivity index (χ3v) is 4.19. The maximum atomic E-state index is 5.50. The quantitative estimate of drug-likeness (QED) is 0.124. The zero-order chi connectivity index (χ0) is 19.0. The lowest BCUT2D eigenvalue weighted by molar-refractivity contribution is -0.0169. The van der Waals surface area contributed by atoms with E-state index in [1.165, 1.54) is 17.3 Å². The van der Waals surface area contributed by atoms with Gasteiger partial charge in [0.1, 0.15) is 0 Å². The van der Waals surface area contributed by atoms with E-state index in [2.05, 4.69) is 29.5 Å². The van der Waals surface area contributed by atoms with Crippen LogP contribution >= 0.6 is 22.6 Å². The van der Waals surface area contributed by atoms with Gasteiger partial charge in [0.25, 0.3) is 0 Å². The summed E-state index contributed by atoms with van der Waals surface area (Å²) in [5.41, 5.74) is 0. The summed E-state index contributed by atoms with van der Waals surface area (Å²) >= 11 is 2.41. The Balaban J connectivity index is 2.95. The largest absolute Gasteiger partial charge is 0.379 e. The van der Waals surface area contributed by atoms with Gasteiger partial charge >= 0.3 is 0 Å². The number of unbranched alkanes of at least 4 members (excludes halogenated alkanes) is 3. The van der Waals surface area contributed by atoms with E-state index in [0.29, 0.717) is 66.1 Å². The lowest BCUT2D eigenvalue weighted by atomic mass is 10.3. The lowest BCUT2D eigenvalue weighted by Gasteiger charge is -2.08. The molecule has 0 N–H and O–H groups in total. The molecule has 0 aliphatic rings. The highest BCUT2D eigenvalue weighted by molar-refractivity contribution is 14.1. The SMILES string of the molecule is CCCCOCCOCCOCCOCCOCCOCCCCCI. The third-order valence-electron chi connectivity index (χ3n) is 3.42. The highest BCUT2D eigenvalue weighted by Gasteiger charge is 1.94. The summed E-state index contributed by atoms with van der Waals surface area (Å²) in [5, 5.41) is 0. The highest BCUT2D eigenvalue weighted by Crippen LogP contribution is 1.98. The van der Waals surface area contributed by atoms with Gasteiger partial charge < -0.3 is 28.4 Å². The molecule has 6 nitrogen and oxygen atoms in total. The molecule has 0 atom stereocenters. The van der Waals surface area contributed by atoms with Gasteiger partial charge in [0.05, 0.1) is 66.1 Å². The summed E-state index contributed by atoms with van der Waals surface area (Å²) in [6.07, 6.45) is 5.95. The predicted molar refractivity (Wildman–Crippen MR) is 113 cm³/mol. The first-order valence-electron chi connectivity index (χ1n) is 9.94. The maximum Gasteiger partial charge on any atom is 0.0701 e. The van der Waals surface area contributed by atoms with Crippen LogP contribution in [0.1, 0.15) is 39.0 Å². The Morgan fingerprint density at radius 1 is 0.423 bits per heavy atom. The normalized spacial score (nSPS) is 11.3. The van der Waals surface area contributed by atoms with E-state index in [4.69, 9.17) is 28.4 Å². The summed E-state index contributed by atoms with van der Waals surface area (Å²) in [6.45, 7) is 9.92. The molecule has 0 saturated heterocycles. The fraction of sp³-hybridized carbons (Fsp3) is 1.00. The van der Waals surface area contributed by atoms with Gasteiger partial charge in [0.2, 0.25) is 0 Å². The minimum absolute atomic E-state index is 0.580. The van der Waals surface area contributed by atoms with Gasteiger partial charge in [-0.15, -0.1) is 0 Å². The van der Waals surface area contributed by atoms with Gasteiger partial charge in [-0.2, -0.15) is 0 Å². The Labute approximate surface area is 173 Å². The van der Waals surface area contributed by atoms with Crippen LogP contribution in [-0.4, -0.2) is 83.7 Å². The number of hydrogen-bond donors (Lipinski definition) is 0. The Bertz CT molecular complexity index is 222. The first-order valence-corrected chi connectivity index (χ1v) is 11.5. The topological polar surface area (TPSA) is 55.4 Å². The second kappa shape index (κ2) is 25.5. The average Bonchev–Trinajstić information content (AvgIpc) is 2.66. The van der Waals surface area contributed by atoms with Gasteiger partial charge in [-0.1, -0.05) is 42.4 Å². The van der Waals surface area contributed by atoms with Crippen molar-refractivity contribution in [3.8, 4) is 0 Å². The van der Waals surface area contributed by atoms with Crippen LogP contribution in [0.25, 0.3) is 0 Å². The summed E-state index contributed by atoms with van der Waals surface area (Å²) < 4.78 is 33.8. The van der Waals surface area contributed by atoms with Crippen LogP contribution < -0.4 is 0 Å². The summed E-state index contributed by atoms with van der Waals surface area (Å²) in [5.74, 6) is 0. The van der Waals surface area contributed by atoms with E-state index in [-0.39, 0.29) is 0 Å². The van der Waals surface area contributed by atoms with E-state index in [0.717, 1.165) is 32.5 Å². The molecule has 0 aromatic rings. The second-order valence-corrected chi connectivity index (χ2v) is 6.86. The Morgan fingerprint density at radius 2 is 0.769 bits per heavy atom. The molecule has 0 heterocycles. The first-order chi connectivity index (χ1) is 12.9. The Morgan fingerprint density at radius 3 is 1.12 bits per heavy atom. The van der Waals surface area contributed by atoms with Crippen molar-refractivity contribution in [1.82, 2.24) is 0 Å². The number of alkyl halides is 1. The highest BCUT2D eigenvalue weighted by atomic mass is 127. The van der Waals surface area contributed by atoms with E-state index < -0.39 is 0 Å². The van der Waals surface area contributed by atoms with Crippen molar-refractivity contribution >= 4 is 22.6 Å². The van der Waals surface area contributed by atoms with Crippen molar-refractivity contribution in [3.63, 3.8) is 0 Å². The fourth-order valence-electron chi connectivity index (χ4n) is 1.92. The monoisotopic (exact) mass is 490 g/mol. The maximum absolute atomic E-state index is 5.50. The minimum Gasteiger partial charge on any atom is -0.379 e. The van der Waals surface area contributed by atoms with Crippen LogP contribution in [0.2, 0.25) is 0 Å². The van der Waals surface area contributed by atoms with E-state index in [9.17, 15) is 0 Å². The van der Waals surface area contributed by atoms with Crippen LogP contribution in [0.15, 0.2) is 0 Å². The molecule has 0 aromatic heterocycles. The predicted octanol–water partition coefficient (Wildman–Crippen LogP) is 3.49. The fourth-order valence-corrected chi connectivity index (χ4v) is 2.46. The van der Waals surface area contributed by atoms with Crippen molar-refractivity contribution in [3.05, 3.63) is 0 Å². The number of hydrogen-bond acceptors (Lipinski definition) is 6. The molecule has 0 aliphatic heterocycles. The van der Waals surface area contributed by atoms with Crippen LogP contribution in [0.5, 0.6) is 0 Å². The molecule has 0 unspecified atom stereocenters. The van der Waals surface area contributed by atoms with Crippen LogP contribution in [0.4, 0.5) is 0 Å². The molecule has 0 amide bonds. The van der Waals surface area contributed by atoms with E-state index >= 15 is 0 Å². The van der Waals surface area contributed by atoms with Crippen molar-refractivity contribution < 1.29 is 28.4 Å². The van der Waals surface area contributed by atoms with Crippen molar-refractivity contribution in [2.75, 3.05) is 83.7 Å². The number of ether oxygens (including phenoxy) is 6. The Hall–Kier alpha value is 0.490. The van der Waals surface area contributed by atoms with E-state index in [1.807, 2.05) is 0 Å². The molecule has 0 saturated carbocycles. The number of rotatable bonds is 23. The van der Waals surface area contributed by atoms with Gasteiger partial charge in [-0.25, -0.2) is 0 Å². The zero-order valence-corrected chi connectivity index (χ0v) is 18.7. The molecule has 0 aliphatic carbocycles. The van der Waals surface area contributed by atoms with Crippen LogP contribution in [0.3, 0.4) is 0 Å². The molecule has 0 bridgehead atoms. The smallest absolute Gasteiger partial charge is 0.0701 e. The van der Waals surface area contributed by atoms with Gasteiger partial charge in [-0.05, 0) is 23.7 Å². The molecule has 0 aromatic carbocycles. The second-order valence-electron chi connectivity index (χ2n) is 5.78.